The quantitative estimate of drug-likeness (QED) is 0.682. The summed E-state index contributed by atoms with van der Waals surface area (Å²) in [6, 6.07) is 0.311. The van der Waals surface area contributed by atoms with Crippen molar-refractivity contribution in [2.75, 3.05) is 26.1 Å². The summed E-state index contributed by atoms with van der Waals surface area (Å²) in [5.74, 6) is 0.470. The van der Waals surface area contributed by atoms with Crippen molar-refractivity contribution in [3.05, 3.63) is 36.0 Å². The maximum Gasteiger partial charge on any atom is 0.241 e. The maximum atomic E-state index is 13.8. The molecule has 1 fully saturated rings. The summed E-state index contributed by atoms with van der Waals surface area (Å²) < 4.78 is 26.0. The smallest absolute Gasteiger partial charge is 0.241 e. The highest BCUT2D eigenvalue weighted by Crippen LogP contribution is 2.31. The number of carbonyl (C=O) groups excluding carboxylic acids is 1. The summed E-state index contributed by atoms with van der Waals surface area (Å²) in [7, 11) is 3.01. The molecule has 1 amide bonds. The van der Waals surface area contributed by atoms with Crippen LogP contribution in [0.1, 0.15) is 44.2 Å². The SMILES string of the molecule is COCC(c1cc(F)cnc1OC)n1cc(NC(=O)[C@@H](N)C2CCC(C)CC2)cn1. The Labute approximate surface area is 175 Å². The molecule has 3 N–H and O–H groups in total. The number of hydrogen-bond donors (Lipinski definition) is 2. The van der Waals surface area contributed by atoms with Crippen molar-refractivity contribution in [3.8, 4) is 5.88 Å². The molecule has 2 heterocycles. The van der Waals surface area contributed by atoms with E-state index >= 15 is 0 Å². The van der Waals surface area contributed by atoms with Crippen LogP contribution in [0.2, 0.25) is 0 Å². The van der Waals surface area contributed by atoms with Crippen molar-refractivity contribution in [1.29, 1.82) is 0 Å². The first-order valence-electron chi connectivity index (χ1n) is 10.2. The molecule has 2 aromatic rings. The van der Waals surface area contributed by atoms with Gasteiger partial charge in [0.25, 0.3) is 0 Å². The van der Waals surface area contributed by atoms with Gasteiger partial charge in [-0.15, -0.1) is 0 Å². The standard InChI is InChI=1S/C21H30FN5O3/c1-13-4-6-14(7-5-13)19(23)20(28)26-16-10-25-27(11-16)18(12-29-2)17-8-15(22)9-24-21(17)30-3/h8-11,13-14,18-19H,4-7,12,23H2,1-3H3,(H,26,28)/t13?,14?,18?,19-/m0/s1. The summed E-state index contributed by atoms with van der Waals surface area (Å²) in [5, 5.41) is 7.18. The largest absolute Gasteiger partial charge is 0.481 e. The lowest BCUT2D eigenvalue weighted by Gasteiger charge is -2.29. The highest BCUT2D eigenvalue weighted by Gasteiger charge is 2.29. The van der Waals surface area contributed by atoms with Crippen molar-refractivity contribution in [3.63, 3.8) is 0 Å². The molecule has 1 unspecified atom stereocenters. The summed E-state index contributed by atoms with van der Waals surface area (Å²) >= 11 is 0. The average Bonchev–Trinajstić information content (AvgIpc) is 3.20. The number of methoxy groups -OCH3 is 2. The van der Waals surface area contributed by atoms with E-state index in [2.05, 4.69) is 22.3 Å². The molecule has 2 aromatic heterocycles. The molecular weight excluding hydrogens is 389 g/mol. The predicted octanol–water partition coefficient (Wildman–Crippen LogP) is 2.75. The lowest BCUT2D eigenvalue weighted by Crippen LogP contribution is -2.43. The highest BCUT2D eigenvalue weighted by molar-refractivity contribution is 5.94. The minimum atomic E-state index is -0.553. The van der Waals surface area contributed by atoms with Crippen LogP contribution in [0.25, 0.3) is 0 Å². The van der Waals surface area contributed by atoms with E-state index in [1.54, 1.807) is 18.0 Å². The summed E-state index contributed by atoms with van der Waals surface area (Å²) in [4.78, 5) is 16.6. The van der Waals surface area contributed by atoms with E-state index in [0.717, 1.165) is 31.9 Å². The van der Waals surface area contributed by atoms with Gasteiger partial charge in [-0.1, -0.05) is 19.8 Å². The van der Waals surface area contributed by atoms with Crippen molar-refractivity contribution in [1.82, 2.24) is 14.8 Å². The monoisotopic (exact) mass is 419 g/mol. The topological polar surface area (TPSA) is 104 Å². The molecule has 3 rings (SSSR count). The number of pyridine rings is 1. The van der Waals surface area contributed by atoms with Gasteiger partial charge in [-0.05, 0) is 30.7 Å². The van der Waals surface area contributed by atoms with E-state index in [0.29, 0.717) is 17.2 Å². The number of anilines is 1. The van der Waals surface area contributed by atoms with Gasteiger partial charge in [0.15, 0.2) is 0 Å². The molecule has 164 valence electrons. The second-order valence-electron chi connectivity index (χ2n) is 7.97. The van der Waals surface area contributed by atoms with E-state index in [1.165, 1.54) is 19.4 Å². The third kappa shape index (κ3) is 5.14. The van der Waals surface area contributed by atoms with Crippen molar-refractivity contribution in [2.45, 2.75) is 44.7 Å². The summed E-state index contributed by atoms with van der Waals surface area (Å²) in [6.07, 6.45) is 8.44. The molecule has 0 saturated heterocycles. The normalized spacial score (nSPS) is 21.1. The first-order valence-corrected chi connectivity index (χ1v) is 10.2. The van der Waals surface area contributed by atoms with Crippen LogP contribution in [0.3, 0.4) is 0 Å². The van der Waals surface area contributed by atoms with Crippen LogP contribution in [-0.2, 0) is 9.53 Å². The molecule has 30 heavy (non-hydrogen) atoms. The number of nitrogens with two attached hydrogens (primary N) is 1. The van der Waals surface area contributed by atoms with Gasteiger partial charge in [-0.25, -0.2) is 9.37 Å². The predicted molar refractivity (Wildman–Crippen MR) is 111 cm³/mol. The van der Waals surface area contributed by atoms with Crippen LogP contribution in [0.15, 0.2) is 24.7 Å². The minimum absolute atomic E-state index is 0.195. The third-order valence-electron chi connectivity index (χ3n) is 5.78. The molecule has 1 aliphatic rings. The molecule has 1 aliphatic carbocycles. The second kappa shape index (κ2) is 9.99. The molecule has 0 radical (unpaired) electrons. The van der Waals surface area contributed by atoms with Crippen LogP contribution in [0.4, 0.5) is 10.1 Å². The molecule has 8 nitrogen and oxygen atoms in total. The number of hydrogen-bond acceptors (Lipinski definition) is 6. The first-order chi connectivity index (χ1) is 14.4. The third-order valence-corrected chi connectivity index (χ3v) is 5.78. The maximum absolute atomic E-state index is 13.8. The van der Waals surface area contributed by atoms with Crippen molar-refractivity contribution < 1.29 is 18.7 Å². The Morgan fingerprint density at radius 3 is 2.73 bits per heavy atom. The Kier molecular flexibility index (Phi) is 7.38. The van der Waals surface area contributed by atoms with Crippen LogP contribution in [0.5, 0.6) is 5.88 Å². The van der Waals surface area contributed by atoms with Gasteiger partial charge in [0.05, 0.1) is 37.8 Å². The number of aromatic nitrogens is 3. The zero-order valence-corrected chi connectivity index (χ0v) is 17.7. The van der Waals surface area contributed by atoms with Gasteiger partial charge >= 0.3 is 0 Å². The van der Waals surface area contributed by atoms with Gasteiger partial charge in [0, 0.05) is 18.9 Å². The van der Waals surface area contributed by atoms with E-state index in [-0.39, 0.29) is 24.3 Å². The van der Waals surface area contributed by atoms with Gasteiger partial charge in [0.1, 0.15) is 11.9 Å². The number of carbonyl (C=O) groups is 1. The number of rotatable bonds is 8. The fraction of sp³-hybridized carbons (Fsp3) is 0.571. The number of nitrogens with one attached hydrogen (secondary N) is 1. The van der Waals surface area contributed by atoms with Crippen molar-refractivity contribution in [2.24, 2.45) is 17.6 Å². The fourth-order valence-electron chi connectivity index (χ4n) is 3.98. The molecule has 0 spiro atoms. The minimum Gasteiger partial charge on any atom is -0.481 e. The Hall–Kier alpha value is -2.52. The van der Waals surface area contributed by atoms with Crippen LogP contribution in [0, 0.1) is 17.7 Å². The number of ether oxygens (including phenoxy) is 2. The zero-order chi connectivity index (χ0) is 21.7. The Morgan fingerprint density at radius 1 is 1.33 bits per heavy atom. The molecule has 0 aliphatic heterocycles. The average molecular weight is 420 g/mol. The molecule has 0 bridgehead atoms. The molecule has 0 aromatic carbocycles. The van der Waals surface area contributed by atoms with Gasteiger partial charge in [-0.3, -0.25) is 9.48 Å². The van der Waals surface area contributed by atoms with Crippen LogP contribution < -0.4 is 15.8 Å². The fourth-order valence-corrected chi connectivity index (χ4v) is 3.98. The number of halogens is 1. The zero-order valence-electron chi connectivity index (χ0n) is 17.7. The van der Waals surface area contributed by atoms with E-state index in [1.807, 2.05) is 0 Å². The number of amides is 1. The van der Waals surface area contributed by atoms with E-state index < -0.39 is 17.9 Å². The second-order valence-corrected chi connectivity index (χ2v) is 7.97. The van der Waals surface area contributed by atoms with Crippen LogP contribution >= 0.6 is 0 Å². The summed E-state index contributed by atoms with van der Waals surface area (Å²) in [6.45, 7) is 2.45. The van der Waals surface area contributed by atoms with Gasteiger partial charge < -0.3 is 20.5 Å². The van der Waals surface area contributed by atoms with E-state index in [9.17, 15) is 9.18 Å². The molecule has 1 saturated carbocycles. The van der Waals surface area contributed by atoms with Crippen molar-refractivity contribution >= 4 is 11.6 Å². The Bertz CT molecular complexity index is 851. The molecular formula is C21H30FN5O3. The molecule has 9 heteroatoms. The Balaban J connectivity index is 1.73. The Morgan fingerprint density at radius 2 is 2.07 bits per heavy atom. The van der Waals surface area contributed by atoms with Gasteiger partial charge in [-0.2, -0.15) is 5.10 Å². The van der Waals surface area contributed by atoms with E-state index in [4.69, 9.17) is 15.2 Å². The lowest BCUT2D eigenvalue weighted by molar-refractivity contribution is -0.118. The lowest BCUT2D eigenvalue weighted by atomic mass is 9.79. The number of nitrogens with zero attached hydrogens (tertiary/aromatic N) is 3. The summed E-state index contributed by atoms with van der Waals surface area (Å²) in [5.41, 5.74) is 7.23. The highest BCUT2D eigenvalue weighted by atomic mass is 19.1. The molecule has 2 atom stereocenters. The van der Waals surface area contributed by atoms with Crippen LogP contribution in [-0.4, -0.2) is 47.5 Å². The first kappa shape index (κ1) is 22.2. The van der Waals surface area contributed by atoms with Gasteiger partial charge in [0.2, 0.25) is 11.8 Å².